The van der Waals surface area contributed by atoms with Gasteiger partial charge >= 0.3 is 0 Å². The average molecular weight is 246 g/mol. The summed E-state index contributed by atoms with van der Waals surface area (Å²) >= 11 is 0. The van der Waals surface area contributed by atoms with Crippen LogP contribution in [0.1, 0.15) is 25.3 Å². The van der Waals surface area contributed by atoms with Crippen LogP contribution in [0.15, 0.2) is 30.3 Å². The lowest BCUT2D eigenvalue weighted by Crippen LogP contribution is -2.53. The fourth-order valence-corrected chi connectivity index (χ4v) is 2.87. The normalized spacial score (nSPS) is 26.4. The summed E-state index contributed by atoms with van der Waals surface area (Å²) in [5.74, 6) is 0.771. The Balaban J connectivity index is 1.78. The molecule has 0 heterocycles. The summed E-state index contributed by atoms with van der Waals surface area (Å²) in [5, 5.41) is 3.03. The Morgan fingerprint density at radius 3 is 2.61 bits per heavy atom. The van der Waals surface area contributed by atoms with Gasteiger partial charge in [0.1, 0.15) is 0 Å². The first-order chi connectivity index (χ1) is 8.66. The maximum absolute atomic E-state index is 12.1. The highest BCUT2D eigenvalue weighted by atomic mass is 16.2. The number of hydrogen-bond donors (Lipinski definition) is 2. The van der Waals surface area contributed by atoms with Gasteiger partial charge in [-0.1, -0.05) is 37.3 Å². The minimum Gasteiger partial charge on any atom is -0.355 e. The smallest absolute Gasteiger partial charge is 0.227 e. The average Bonchev–Trinajstić information content (AvgIpc) is 2.36. The van der Waals surface area contributed by atoms with Gasteiger partial charge in [0.05, 0.1) is 5.41 Å². The molecular formula is C15H22N2O. The molecule has 18 heavy (non-hydrogen) atoms. The summed E-state index contributed by atoms with van der Waals surface area (Å²) in [4.78, 5) is 12.1. The van der Waals surface area contributed by atoms with E-state index in [1.165, 1.54) is 5.56 Å². The van der Waals surface area contributed by atoms with Crippen molar-refractivity contribution >= 4 is 5.91 Å². The van der Waals surface area contributed by atoms with Crippen LogP contribution in [0.5, 0.6) is 0 Å². The van der Waals surface area contributed by atoms with Crippen LogP contribution >= 0.6 is 0 Å². The summed E-state index contributed by atoms with van der Waals surface area (Å²) in [6.45, 7) is 3.33. The lowest BCUT2D eigenvalue weighted by Gasteiger charge is -2.44. The number of rotatable bonds is 5. The molecule has 0 aliphatic heterocycles. The minimum atomic E-state index is -0.282. The van der Waals surface area contributed by atoms with Crippen LogP contribution in [0.4, 0.5) is 0 Å². The molecule has 0 unspecified atom stereocenters. The minimum absolute atomic E-state index is 0.138. The van der Waals surface area contributed by atoms with Gasteiger partial charge in [0.2, 0.25) is 5.91 Å². The first kappa shape index (κ1) is 13.1. The molecule has 1 aromatic carbocycles. The molecule has 1 amide bonds. The maximum Gasteiger partial charge on any atom is 0.227 e. The van der Waals surface area contributed by atoms with E-state index in [0.717, 1.165) is 19.3 Å². The van der Waals surface area contributed by atoms with E-state index < -0.39 is 0 Å². The molecule has 0 bridgehead atoms. The topological polar surface area (TPSA) is 55.1 Å². The van der Waals surface area contributed by atoms with E-state index in [9.17, 15) is 4.79 Å². The second kappa shape index (κ2) is 5.53. The number of carbonyl (C=O) groups is 1. The van der Waals surface area contributed by atoms with Crippen molar-refractivity contribution in [2.75, 3.05) is 13.1 Å². The molecule has 0 saturated heterocycles. The largest absolute Gasteiger partial charge is 0.355 e. The fraction of sp³-hybridized carbons (Fsp3) is 0.533. The van der Waals surface area contributed by atoms with Gasteiger partial charge in [-0.15, -0.1) is 0 Å². The molecule has 0 radical (unpaired) electrons. The number of amides is 1. The highest BCUT2D eigenvalue weighted by Crippen LogP contribution is 2.44. The molecule has 1 fully saturated rings. The quantitative estimate of drug-likeness (QED) is 0.831. The standard InChI is InChI=1S/C15H22N2O/c1-12-9-15(10-12,11-16)14(18)17-8-7-13-5-3-2-4-6-13/h2-6,12H,7-11,16H2,1H3,(H,17,18). The van der Waals surface area contributed by atoms with Crippen LogP contribution in [0.2, 0.25) is 0 Å². The summed E-state index contributed by atoms with van der Waals surface area (Å²) in [7, 11) is 0. The van der Waals surface area contributed by atoms with Crippen molar-refractivity contribution in [1.29, 1.82) is 0 Å². The third-order valence-electron chi connectivity index (χ3n) is 3.89. The van der Waals surface area contributed by atoms with Crippen molar-refractivity contribution in [3.05, 3.63) is 35.9 Å². The predicted molar refractivity (Wildman–Crippen MR) is 73.0 cm³/mol. The second-order valence-electron chi connectivity index (χ2n) is 5.49. The second-order valence-corrected chi connectivity index (χ2v) is 5.49. The first-order valence-corrected chi connectivity index (χ1v) is 6.68. The maximum atomic E-state index is 12.1. The molecule has 0 aromatic heterocycles. The van der Waals surface area contributed by atoms with Crippen molar-refractivity contribution in [2.45, 2.75) is 26.2 Å². The van der Waals surface area contributed by atoms with Gasteiger partial charge in [-0.25, -0.2) is 0 Å². The zero-order valence-electron chi connectivity index (χ0n) is 11.0. The molecule has 1 aromatic rings. The lowest BCUT2D eigenvalue weighted by atomic mass is 9.62. The van der Waals surface area contributed by atoms with Crippen LogP contribution in [-0.2, 0) is 11.2 Å². The molecule has 0 spiro atoms. The molecule has 0 atom stereocenters. The van der Waals surface area contributed by atoms with E-state index in [4.69, 9.17) is 5.73 Å². The fourth-order valence-electron chi connectivity index (χ4n) is 2.87. The number of nitrogens with two attached hydrogens (primary N) is 1. The molecule has 2 rings (SSSR count). The molecule has 1 aliphatic rings. The Kier molecular flexibility index (Phi) is 4.02. The van der Waals surface area contributed by atoms with Gasteiger partial charge in [0.25, 0.3) is 0 Å². The zero-order chi connectivity index (χ0) is 13.0. The predicted octanol–water partition coefficient (Wildman–Crippen LogP) is 1.72. The van der Waals surface area contributed by atoms with Gasteiger partial charge < -0.3 is 11.1 Å². The van der Waals surface area contributed by atoms with Crippen molar-refractivity contribution < 1.29 is 4.79 Å². The summed E-state index contributed by atoms with van der Waals surface area (Å²) in [6.07, 6.45) is 2.74. The highest BCUT2D eigenvalue weighted by molar-refractivity contribution is 5.83. The van der Waals surface area contributed by atoms with Crippen molar-refractivity contribution in [2.24, 2.45) is 17.1 Å². The van der Waals surface area contributed by atoms with Gasteiger partial charge in [-0.05, 0) is 30.7 Å². The molecule has 98 valence electrons. The Morgan fingerprint density at radius 2 is 2.06 bits per heavy atom. The van der Waals surface area contributed by atoms with Gasteiger partial charge in [-0.2, -0.15) is 0 Å². The van der Waals surface area contributed by atoms with Gasteiger partial charge in [-0.3, -0.25) is 4.79 Å². The molecule has 3 heteroatoms. The monoisotopic (exact) mass is 246 g/mol. The van der Waals surface area contributed by atoms with E-state index >= 15 is 0 Å². The SMILES string of the molecule is CC1CC(CN)(C(=O)NCCc2ccccc2)C1. The highest BCUT2D eigenvalue weighted by Gasteiger charge is 2.46. The van der Waals surface area contributed by atoms with Crippen LogP contribution in [0, 0.1) is 11.3 Å². The lowest BCUT2D eigenvalue weighted by molar-refractivity contribution is -0.138. The van der Waals surface area contributed by atoms with Crippen molar-refractivity contribution in [1.82, 2.24) is 5.32 Å². The molecular weight excluding hydrogens is 224 g/mol. The van der Waals surface area contributed by atoms with E-state index in [1.54, 1.807) is 0 Å². The number of benzene rings is 1. The number of hydrogen-bond acceptors (Lipinski definition) is 2. The van der Waals surface area contributed by atoms with E-state index in [2.05, 4.69) is 24.4 Å². The van der Waals surface area contributed by atoms with E-state index in [-0.39, 0.29) is 11.3 Å². The Bertz CT molecular complexity index is 396. The summed E-state index contributed by atoms with van der Waals surface area (Å²) < 4.78 is 0. The van der Waals surface area contributed by atoms with Crippen LogP contribution in [-0.4, -0.2) is 19.0 Å². The molecule has 3 N–H and O–H groups in total. The summed E-state index contributed by atoms with van der Waals surface area (Å²) in [5.41, 5.74) is 6.72. The van der Waals surface area contributed by atoms with Crippen molar-refractivity contribution in [3.8, 4) is 0 Å². The summed E-state index contributed by atoms with van der Waals surface area (Å²) in [6, 6.07) is 10.2. The Hall–Kier alpha value is -1.35. The van der Waals surface area contributed by atoms with Gasteiger partial charge in [0, 0.05) is 13.1 Å². The third kappa shape index (κ3) is 2.72. The number of carbonyl (C=O) groups excluding carboxylic acids is 1. The van der Waals surface area contributed by atoms with E-state index in [0.29, 0.717) is 19.0 Å². The zero-order valence-corrected chi connectivity index (χ0v) is 11.0. The van der Waals surface area contributed by atoms with Gasteiger partial charge in [0.15, 0.2) is 0 Å². The number of nitrogens with one attached hydrogen (secondary N) is 1. The van der Waals surface area contributed by atoms with Crippen LogP contribution < -0.4 is 11.1 Å². The molecule has 1 saturated carbocycles. The Morgan fingerprint density at radius 1 is 1.39 bits per heavy atom. The first-order valence-electron chi connectivity index (χ1n) is 6.68. The van der Waals surface area contributed by atoms with Crippen molar-refractivity contribution in [3.63, 3.8) is 0 Å². The van der Waals surface area contributed by atoms with Crippen LogP contribution in [0.25, 0.3) is 0 Å². The molecule has 1 aliphatic carbocycles. The van der Waals surface area contributed by atoms with Crippen LogP contribution in [0.3, 0.4) is 0 Å². The third-order valence-corrected chi connectivity index (χ3v) is 3.89. The Labute approximate surface area is 109 Å². The van der Waals surface area contributed by atoms with E-state index in [1.807, 2.05) is 18.2 Å². The molecule has 3 nitrogen and oxygen atoms in total.